The first-order valence-corrected chi connectivity index (χ1v) is 7.83. The van der Waals surface area contributed by atoms with Gasteiger partial charge < -0.3 is 0 Å². The molecule has 22 heavy (non-hydrogen) atoms. The Morgan fingerprint density at radius 1 is 1.00 bits per heavy atom. The first-order valence-electron chi connectivity index (χ1n) is 7.83. The van der Waals surface area contributed by atoms with Crippen molar-refractivity contribution >= 4 is 11.6 Å². The minimum atomic E-state index is -1.01. The van der Waals surface area contributed by atoms with Gasteiger partial charge in [0.25, 0.3) is 0 Å². The zero-order valence-electron chi connectivity index (χ0n) is 12.8. The molecule has 0 amide bonds. The Balaban J connectivity index is 2.15. The molecule has 1 fully saturated rings. The number of ketones is 2. The molecule has 1 aliphatic rings. The standard InChI is InChI=1S/C20H20O2/c1-15-12-13-18(21)20(14-15,17-10-6-3-7-11-17)19(22)16-8-4-2-5-9-16/h2-11,15H,12-14H2,1H3/t15-,20+/m1/s1. The molecule has 0 radical (unpaired) electrons. The van der Waals surface area contributed by atoms with Crippen LogP contribution >= 0.6 is 0 Å². The average Bonchev–Trinajstić information content (AvgIpc) is 2.58. The summed E-state index contributed by atoms with van der Waals surface area (Å²) in [6.07, 6.45) is 1.95. The van der Waals surface area contributed by atoms with Gasteiger partial charge in [0.15, 0.2) is 11.6 Å². The summed E-state index contributed by atoms with van der Waals surface area (Å²) >= 11 is 0. The molecular weight excluding hydrogens is 272 g/mol. The van der Waals surface area contributed by atoms with Gasteiger partial charge in [-0.05, 0) is 24.3 Å². The number of rotatable bonds is 3. The smallest absolute Gasteiger partial charge is 0.180 e. The lowest BCUT2D eigenvalue weighted by atomic mass is 9.62. The number of Topliss-reactive ketones (excluding diaryl/α,β-unsaturated/α-hetero) is 2. The van der Waals surface area contributed by atoms with Gasteiger partial charge in [-0.1, -0.05) is 67.6 Å². The number of hydrogen-bond donors (Lipinski definition) is 0. The van der Waals surface area contributed by atoms with Gasteiger partial charge in [-0.15, -0.1) is 0 Å². The van der Waals surface area contributed by atoms with Crippen molar-refractivity contribution in [2.24, 2.45) is 5.92 Å². The van der Waals surface area contributed by atoms with Crippen LogP contribution in [0.25, 0.3) is 0 Å². The van der Waals surface area contributed by atoms with Crippen molar-refractivity contribution in [3.8, 4) is 0 Å². The van der Waals surface area contributed by atoms with Crippen LogP contribution in [0.15, 0.2) is 60.7 Å². The Bertz CT molecular complexity index is 675. The molecular formula is C20H20O2. The first-order chi connectivity index (χ1) is 10.6. The van der Waals surface area contributed by atoms with Crippen molar-refractivity contribution in [1.29, 1.82) is 0 Å². The van der Waals surface area contributed by atoms with Crippen molar-refractivity contribution < 1.29 is 9.59 Å². The molecule has 2 aromatic rings. The predicted octanol–water partition coefficient (Wildman–Crippen LogP) is 4.20. The van der Waals surface area contributed by atoms with E-state index in [1.54, 1.807) is 12.1 Å². The Labute approximate surface area is 131 Å². The highest BCUT2D eigenvalue weighted by atomic mass is 16.2. The Morgan fingerprint density at radius 2 is 1.59 bits per heavy atom. The molecule has 2 aromatic carbocycles. The summed E-state index contributed by atoms with van der Waals surface area (Å²) in [6.45, 7) is 2.13. The molecule has 2 atom stereocenters. The molecule has 0 N–H and O–H groups in total. The van der Waals surface area contributed by atoms with Crippen LogP contribution in [-0.4, -0.2) is 11.6 Å². The van der Waals surface area contributed by atoms with E-state index in [2.05, 4.69) is 6.92 Å². The molecule has 112 valence electrons. The van der Waals surface area contributed by atoms with E-state index in [9.17, 15) is 9.59 Å². The third-order valence-corrected chi connectivity index (χ3v) is 4.69. The van der Waals surface area contributed by atoms with Gasteiger partial charge in [0.05, 0.1) is 0 Å². The molecule has 0 aromatic heterocycles. The fourth-order valence-corrected chi connectivity index (χ4v) is 3.52. The fourth-order valence-electron chi connectivity index (χ4n) is 3.52. The summed E-state index contributed by atoms with van der Waals surface area (Å²) in [5.41, 5.74) is 0.439. The second-order valence-corrected chi connectivity index (χ2v) is 6.24. The highest BCUT2D eigenvalue weighted by molar-refractivity contribution is 6.19. The van der Waals surface area contributed by atoms with Gasteiger partial charge >= 0.3 is 0 Å². The molecule has 2 nitrogen and oxygen atoms in total. The van der Waals surface area contributed by atoms with Crippen molar-refractivity contribution in [3.05, 3.63) is 71.8 Å². The first kappa shape index (κ1) is 14.7. The van der Waals surface area contributed by atoms with Crippen LogP contribution < -0.4 is 0 Å². The van der Waals surface area contributed by atoms with Crippen LogP contribution in [0.1, 0.15) is 42.1 Å². The molecule has 0 heterocycles. The molecule has 0 unspecified atom stereocenters. The third kappa shape index (κ3) is 2.39. The lowest BCUT2D eigenvalue weighted by Gasteiger charge is -2.37. The van der Waals surface area contributed by atoms with E-state index >= 15 is 0 Å². The molecule has 0 aliphatic heterocycles. The summed E-state index contributed by atoms with van der Waals surface area (Å²) in [5.74, 6) is 0.368. The third-order valence-electron chi connectivity index (χ3n) is 4.69. The van der Waals surface area contributed by atoms with E-state index in [-0.39, 0.29) is 11.6 Å². The van der Waals surface area contributed by atoms with Gasteiger partial charge in [0.1, 0.15) is 5.41 Å². The van der Waals surface area contributed by atoms with Crippen LogP contribution in [0, 0.1) is 5.92 Å². The maximum absolute atomic E-state index is 13.3. The van der Waals surface area contributed by atoms with Gasteiger partial charge in [-0.25, -0.2) is 0 Å². The summed E-state index contributed by atoms with van der Waals surface area (Å²) in [6, 6.07) is 18.8. The van der Waals surface area contributed by atoms with E-state index in [0.29, 0.717) is 24.3 Å². The van der Waals surface area contributed by atoms with Crippen molar-refractivity contribution in [1.82, 2.24) is 0 Å². The zero-order valence-corrected chi connectivity index (χ0v) is 12.8. The van der Waals surface area contributed by atoms with Crippen LogP contribution in [0.4, 0.5) is 0 Å². The molecule has 1 saturated carbocycles. The van der Waals surface area contributed by atoms with Crippen molar-refractivity contribution in [3.63, 3.8) is 0 Å². The molecule has 0 spiro atoms. The number of carbonyl (C=O) groups is 2. The number of hydrogen-bond acceptors (Lipinski definition) is 2. The largest absolute Gasteiger partial charge is 0.298 e. The van der Waals surface area contributed by atoms with Crippen molar-refractivity contribution in [2.75, 3.05) is 0 Å². The second kappa shape index (κ2) is 5.88. The van der Waals surface area contributed by atoms with E-state index < -0.39 is 5.41 Å². The predicted molar refractivity (Wildman–Crippen MR) is 86.9 cm³/mol. The molecule has 2 heteroatoms. The summed E-state index contributed by atoms with van der Waals surface area (Å²) in [7, 11) is 0. The topological polar surface area (TPSA) is 34.1 Å². The van der Waals surface area contributed by atoms with Gasteiger partial charge in [0.2, 0.25) is 0 Å². The van der Waals surface area contributed by atoms with E-state index in [0.717, 1.165) is 12.0 Å². The van der Waals surface area contributed by atoms with Crippen LogP contribution in [-0.2, 0) is 10.2 Å². The van der Waals surface area contributed by atoms with E-state index in [4.69, 9.17) is 0 Å². The Morgan fingerprint density at radius 3 is 2.23 bits per heavy atom. The lowest BCUT2D eigenvalue weighted by Crippen LogP contribution is -2.47. The van der Waals surface area contributed by atoms with E-state index in [1.165, 1.54) is 0 Å². The average molecular weight is 292 g/mol. The maximum Gasteiger partial charge on any atom is 0.180 e. The molecule has 0 bridgehead atoms. The Hall–Kier alpha value is -2.22. The van der Waals surface area contributed by atoms with Gasteiger partial charge in [-0.3, -0.25) is 9.59 Å². The fraction of sp³-hybridized carbons (Fsp3) is 0.300. The Kier molecular flexibility index (Phi) is 3.93. The lowest BCUT2D eigenvalue weighted by molar-refractivity contribution is -0.125. The molecule has 0 saturated heterocycles. The minimum absolute atomic E-state index is 0.0594. The number of carbonyl (C=O) groups excluding carboxylic acids is 2. The van der Waals surface area contributed by atoms with Gasteiger partial charge in [-0.2, -0.15) is 0 Å². The SMILES string of the molecule is C[C@@H]1CCC(=O)[C@@](C(=O)c2ccccc2)(c2ccccc2)C1. The zero-order chi connectivity index (χ0) is 15.6. The second-order valence-electron chi connectivity index (χ2n) is 6.24. The highest BCUT2D eigenvalue weighted by Crippen LogP contribution is 2.42. The minimum Gasteiger partial charge on any atom is -0.298 e. The van der Waals surface area contributed by atoms with Crippen molar-refractivity contribution in [2.45, 2.75) is 31.6 Å². The maximum atomic E-state index is 13.3. The van der Waals surface area contributed by atoms with Crippen LogP contribution in [0.2, 0.25) is 0 Å². The molecule has 3 rings (SSSR count). The molecule has 1 aliphatic carbocycles. The quantitative estimate of drug-likeness (QED) is 0.627. The van der Waals surface area contributed by atoms with E-state index in [1.807, 2.05) is 48.5 Å². The number of benzene rings is 2. The summed E-state index contributed by atoms with van der Waals surface area (Å²) in [4.78, 5) is 26.1. The monoisotopic (exact) mass is 292 g/mol. The normalized spacial score (nSPS) is 25.0. The summed E-state index contributed by atoms with van der Waals surface area (Å²) in [5, 5.41) is 0. The van der Waals surface area contributed by atoms with Crippen LogP contribution in [0.5, 0.6) is 0 Å². The van der Waals surface area contributed by atoms with Crippen LogP contribution in [0.3, 0.4) is 0 Å². The highest BCUT2D eigenvalue weighted by Gasteiger charge is 2.49. The summed E-state index contributed by atoms with van der Waals surface area (Å²) < 4.78 is 0. The van der Waals surface area contributed by atoms with Gasteiger partial charge in [0, 0.05) is 12.0 Å².